The third kappa shape index (κ3) is 2.80. The number of hydrogen-bond acceptors (Lipinski definition) is 3. The number of rotatable bonds is 3. The van der Waals surface area contributed by atoms with Crippen LogP contribution in [0, 0.1) is 17.2 Å². The Bertz CT molecular complexity index is 823. The van der Waals surface area contributed by atoms with Crippen molar-refractivity contribution >= 4 is 16.0 Å². The van der Waals surface area contributed by atoms with E-state index in [1.54, 1.807) is 0 Å². The number of aliphatic carboxylic acids is 1. The standard InChI is InChI=1S/C15H15F4NO4S/c16-10-3-4-12(11(6-10)15(17,18)19)25(23,24)20-7-9-2-1-5-14(9,8-20)13(21)22/h3-4,6,9H,1-2,5,7-8H2,(H,21,22)/t9-,14+/m0/s1. The molecule has 0 spiro atoms. The van der Waals surface area contributed by atoms with E-state index in [1.165, 1.54) is 0 Å². The topological polar surface area (TPSA) is 74.7 Å². The van der Waals surface area contributed by atoms with E-state index in [-0.39, 0.29) is 25.6 Å². The molecule has 138 valence electrons. The molecule has 1 N–H and O–H groups in total. The number of carboxylic acid groups (broad SMARTS) is 1. The van der Waals surface area contributed by atoms with E-state index in [1.807, 2.05) is 0 Å². The minimum atomic E-state index is -5.05. The van der Waals surface area contributed by atoms with Crippen LogP contribution in [0.3, 0.4) is 0 Å². The first-order valence-corrected chi connectivity index (χ1v) is 9.03. The highest BCUT2D eigenvalue weighted by atomic mass is 32.2. The second kappa shape index (κ2) is 5.66. The third-order valence-electron chi connectivity index (χ3n) is 5.13. The Hall–Kier alpha value is -1.68. The number of benzene rings is 1. The number of hydrogen-bond donors (Lipinski definition) is 1. The predicted molar refractivity (Wildman–Crippen MR) is 77.6 cm³/mol. The number of sulfonamides is 1. The third-order valence-corrected chi connectivity index (χ3v) is 7.00. The van der Waals surface area contributed by atoms with Crippen LogP contribution in [0.25, 0.3) is 0 Å². The van der Waals surface area contributed by atoms with Crippen LogP contribution in [0.1, 0.15) is 24.8 Å². The lowest BCUT2D eigenvalue weighted by molar-refractivity contribution is -0.149. The van der Waals surface area contributed by atoms with Crippen molar-refractivity contribution in [2.24, 2.45) is 11.3 Å². The van der Waals surface area contributed by atoms with E-state index in [2.05, 4.69) is 0 Å². The van der Waals surface area contributed by atoms with Gasteiger partial charge in [-0.15, -0.1) is 0 Å². The number of alkyl halides is 3. The molecule has 1 saturated heterocycles. The Balaban J connectivity index is 2.04. The quantitative estimate of drug-likeness (QED) is 0.817. The van der Waals surface area contributed by atoms with Crippen molar-refractivity contribution in [3.05, 3.63) is 29.6 Å². The lowest BCUT2D eigenvalue weighted by atomic mass is 9.81. The summed E-state index contributed by atoms with van der Waals surface area (Å²) in [5.41, 5.74) is -2.85. The van der Waals surface area contributed by atoms with Crippen molar-refractivity contribution in [2.75, 3.05) is 13.1 Å². The van der Waals surface area contributed by atoms with Crippen molar-refractivity contribution < 1.29 is 35.9 Å². The second-order valence-corrected chi connectivity index (χ2v) is 8.39. The van der Waals surface area contributed by atoms with Gasteiger partial charge >= 0.3 is 12.1 Å². The zero-order valence-corrected chi connectivity index (χ0v) is 13.7. The summed E-state index contributed by atoms with van der Waals surface area (Å²) < 4.78 is 78.8. The van der Waals surface area contributed by atoms with Crippen LogP contribution in [0.15, 0.2) is 23.1 Å². The van der Waals surface area contributed by atoms with Crippen LogP contribution in [0.2, 0.25) is 0 Å². The fourth-order valence-electron chi connectivity index (χ4n) is 3.86. The van der Waals surface area contributed by atoms with Crippen molar-refractivity contribution in [3.8, 4) is 0 Å². The normalized spacial score (nSPS) is 27.4. The molecule has 10 heteroatoms. The van der Waals surface area contributed by atoms with Crippen LogP contribution < -0.4 is 0 Å². The van der Waals surface area contributed by atoms with Gasteiger partial charge in [0.1, 0.15) is 5.82 Å². The first kappa shape index (κ1) is 18.1. The number of halogens is 4. The molecule has 2 atom stereocenters. The molecule has 0 bridgehead atoms. The molecule has 25 heavy (non-hydrogen) atoms. The fraction of sp³-hybridized carbons (Fsp3) is 0.533. The number of carbonyl (C=O) groups is 1. The summed E-state index contributed by atoms with van der Waals surface area (Å²) >= 11 is 0. The summed E-state index contributed by atoms with van der Waals surface area (Å²) in [6, 6.07) is 1.36. The van der Waals surface area contributed by atoms with Crippen molar-refractivity contribution in [3.63, 3.8) is 0 Å². The summed E-state index contributed by atoms with van der Waals surface area (Å²) in [7, 11) is -4.60. The summed E-state index contributed by atoms with van der Waals surface area (Å²) in [6.45, 7) is -0.521. The van der Waals surface area contributed by atoms with Crippen LogP contribution in [-0.2, 0) is 21.0 Å². The fourth-order valence-corrected chi connectivity index (χ4v) is 5.61. The van der Waals surface area contributed by atoms with Gasteiger partial charge in [-0.1, -0.05) is 6.42 Å². The molecule has 5 nitrogen and oxygen atoms in total. The molecular weight excluding hydrogens is 366 g/mol. The average molecular weight is 381 g/mol. The van der Waals surface area contributed by atoms with Crippen LogP contribution >= 0.6 is 0 Å². The van der Waals surface area contributed by atoms with Gasteiger partial charge < -0.3 is 5.11 Å². The maximum absolute atomic E-state index is 13.2. The minimum Gasteiger partial charge on any atom is -0.481 e. The zero-order chi connectivity index (χ0) is 18.6. The van der Waals surface area contributed by atoms with Crippen LogP contribution in [0.4, 0.5) is 17.6 Å². The maximum atomic E-state index is 13.2. The number of fused-ring (bicyclic) bond motifs is 1. The number of carboxylic acids is 1. The molecule has 2 aliphatic rings. The van der Waals surface area contributed by atoms with Gasteiger partial charge in [-0.05, 0) is 37.0 Å². The van der Waals surface area contributed by atoms with E-state index >= 15 is 0 Å². The van der Waals surface area contributed by atoms with Crippen molar-refractivity contribution in [1.82, 2.24) is 4.31 Å². The Kier molecular flexibility index (Phi) is 4.11. The van der Waals surface area contributed by atoms with Gasteiger partial charge in [0.2, 0.25) is 10.0 Å². The summed E-state index contributed by atoms with van der Waals surface area (Å²) in [4.78, 5) is 10.6. The van der Waals surface area contributed by atoms with Gasteiger partial charge in [0.05, 0.1) is 15.9 Å². The van der Waals surface area contributed by atoms with E-state index in [0.717, 1.165) is 4.31 Å². The van der Waals surface area contributed by atoms with Gasteiger partial charge in [0.25, 0.3) is 0 Å². The van der Waals surface area contributed by atoms with Crippen LogP contribution in [0.5, 0.6) is 0 Å². The highest BCUT2D eigenvalue weighted by molar-refractivity contribution is 7.89. The molecule has 0 aromatic heterocycles. The molecule has 2 fully saturated rings. The highest BCUT2D eigenvalue weighted by Gasteiger charge is 2.57. The van der Waals surface area contributed by atoms with E-state index in [0.29, 0.717) is 25.0 Å². The Labute approximate surface area is 141 Å². The monoisotopic (exact) mass is 381 g/mol. The molecule has 1 aliphatic heterocycles. The molecule has 1 aromatic rings. The SMILES string of the molecule is O=C(O)[C@@]12CCC[C@H]1CN(S(=O)(=O)c1ccc(F)cc1C(F)(F)F)C2. The first-order chi connectivity index (χ1) is 11.5. The lowest BCUT2D eigenvalue weighted by Crippen LogP contribution is -2.37. The molecule has 1 saturated carbocycles. The summed E-state index contributed by atoms with van der Waals surface area (Å²) in [5.74, 6) is -2.77. The van der Waals surface area contributed by atoms with Crippen molar-refractivity contribution in [1.29, 1.82) is 0 Å². The molecule has 1 aliphatic carbocycles. The molecule has 3 rings (SSSR count). The summed E-state index contributed by atoms with van der Waals surface area (Å²) in [5, 5.41) is 9.50. The molecule has 0 amide bonds. The van der Waals surface area contributed by atoms with Gasteiger partial charge in [-0.2, -0.15) is 17.5 Å². The molecule has 1 aromatic carbocycles. The Morgan fingerprint density at radius 2 is 2.00 bits per heavy atom. The largest absolute Gasteiger partial charge is 0.481 e. The van der Waals surface area contributed by atoms with Gasteiger partial charge in [0.15, 0.2) is 0 Å². The Morgan fingerprint density at radius 1 is 1.32 bits per heavy atom. The van der Waals surface area contributed by atoms with Crippen molar-refractivity contribution in [2.45, 2.75) is 30.3 Å². The van der Waals surface area contributed by atoms with E-state index in [4.69, 9.17) is 0 Å². The van der Waals surface area contributed by atoms with Gasteiger partial charge in [0, 0.05) is 13.1 Å². The molecular formula is C15H15F4NO4S. The van der Waals surface area contributed by atoms with Gasteiger partial charge in [-0.3, -0.25) is 4.79 Å². The molecule has 0 radical (unpaired) electrons. The highest BCUT2D eigenvalue weighted by Crippen LogP contribution is 2.50. The average Bonchev–Trinajstić information content (AvgIpc) is 3.04. The lowest BCUT2D eigenvalue weighted by Gasteiger charge is -2.24. The van der Waals surface area contributed by atoms with Gasteiger partial charge in [-0.25, -0.2) is 12.8 Å². The minimum absolute atomic E-state index is 0.136. The van der Waals surface area contributed by atoms with E-state index < -0.39 is 49.8 Å². The number of nitrogens with zero attached hydrogens (tertiary/aromatic N) is 1. The second-order valence-electron chi connectivity index (χ2n) is 6.49. The van der Waals surface area contributed by atoms with E-state index in [9.17, 15) is 35.9 Å². The first-order valence-electron chi connectivity index (χ1n) is 7.59. The summed E-state index contributed by atoms with van der Waals surface area (Å²) in [6.07, 6.45) is -3.62. The molecule has 1 heterocycles. The maximum Gasteiger partial charge on any atom is 0.417 e. The molecule has 0 unspecified atom stereocenters. The predicted octanol–water partition coefficient (Wildman–Crippen LogP) is 2.72. The van der Waals surface area contributed by atoms with Crippen LogP contribution in [-0.4, -0.2) is 36.9 Å². The smallest absolute Gasteiger partial charge is 0.417 e. The zero-order valence-electron chi connectivity index (χ0n) is 12.9. The Morgan fingerprint density at radius 3 is 2.56 bits per heavy atom.